The van der Waals surface area contributed by atoms with E-state index in [9.17, 15) is 0 Å². The van der Waals surface area contributed by atoms with E-state index < -0.39 is 5.79 Å². The van der Waals surface area contributed by atoms with E-state index in [0.29, 0.717) is 19.8 Å². The Labute approximate surface area is 119 Å². The lowest BCUT2D eigenvalue weighted by Gasteiger charge is -2.29. The average Bonchev–Trinajstić information content (AvgIpc) is 2.94. The zero-order valence-electron chi connectivity index (χ0n) is 11.9. The first-order valence-electron chi connectivity index (χ1n) is 7.22. The van der Waals surface area contributed by atoms with Crippen LogP contribution in [0.5, 0.6) is 5.75 Å². The standard InChI is InChI=1S/C15H22N2O3/c1-15(19-10-11-20-15)12-18-14-4-2-13(3-5-14)17-8-6-16-7-9-17/h2-5,16H,6-12H2,1H3. The molecule has 0 unspecified atom stereocenters. The Morgan fingerprint density at radius 3 is 2.45 bits per heavy atom. The Kier molecular flexibility index (Phi) is 4.10. The second-order valence-electron chi connectivity index (χ2n) is 5.35. The molecule has 5 nitrogen and oxygen atoms in total. The van der Waals surface area contributed by atoms with Gasteiger partial charge in [-0.25, -0.2) is 0 Å². The van der Waals surface area contributed by atoms with E-state index in [1.165, 1.54) is 5.69 Å². The number of anilines is 1. The van der Waals surface area contributed by atoms with Crippen molar-refractivity contribution in [2.24, 2.45) is 0 Å². The molecule has 0 saturated carbocycles. The number of nitrogens with zero attached hydrogens (tertiary/aromatic N) is 1. The van der Waals surface area contributed by atoms with Crippen molar-refractivity contribution in [3.8, 4) is 5.75 Å². The summed E-state index contributed by atoms with van der Waals surface area (Å²) in [5, 5.41) is 3.36. The first-order chi connectivity index (χ1) is 9.75. The Balaban J connectivity index is 1.55. The van der Waals surface area contributed by atoms with Crippen molar-refractivity contribution in [1.29, 1.82) is 0 Å². The van der Waals surface area contributed by atoms with Gasteiger partial charge in [-0.2, -0.15) is 0 Å². The summed E-state index contributed by atoms with van der Waals surface area (Å²) in [6.07, 6.45) is 0. The fraction of sp³-hybridized carbons (Fsp3) is 0.600. The van der Waals surface area contributed by atoms with Crippen molar-refractivity contribution in [1.82, 2.24) is 5.32 Å². The Morgan fingerprint density at radius 2 is 1.80 bits per heavy atom. The molecule has 0 amide bonds. The van der Waals surface area contributed by atoms with Gasteiger partial charge in [0.05, 0.1) is 13.2 Å². The smallest absolute Gasteiger partial charge is 0.200 e. The minimum Gasteiger partial charge on any atom is -0.488 e. The molecule has 2 saturated heterocycles. The van der Waals surface area contributed by atoms with Crippen LogP contribution in [0.2, 0.25) is 0 Å². The lowest BCUT2D eigenvalue weighted by Crippen LogP contribution is -2.43. The Bertz CT molecular complexity index is 423. The highest BCUT2D eigenvalue weighted by Gasteiger charge is 2.31. The van der Waals surface area contributed by atoms with Crippen molar-refractivity contribution in [2.45, 2.75) is 12.7 Å². The Hall–Kier alpha value is -1.30. The van der Waals surface area contributed by atoms with Crippen molar-refractivity contribution in [3.05, 3.63) is 24.3 Å². The quantitative estimate of drug-likeness (QED) is 0.897. The zero-order valence-corrected chi connectivity index (χ0v) is 11.9. The van der Waals surface area contributed by atoms with Crippen molar-refractivity contribution in [2.75, 3.05) is 50.9 Å². The van der Waals surface area contributed by atoms with Gasteiger partial charge in [-0.1, -0.05) is 0 Å². The molecule has 1 N–H and O–H groups in total. The summed E-state index contributed by atoms with van der Waals surface area (Å²) < 4.78 is 16.8. The van der Waals surface area contributed by atoms with Crippen molar-refractivity contribution >= 4 is 5.69 Å². The molecule has 20 heavy (non-hydrogen) atoms. The third-order valence-electron chi connectivity index (χ3n) is 3.72. The molecular formula is C15H22N2O3. The van der Waals surface area contributed by atoms with Crippen LogP contribution in [0.15, 0.2) is 24.3 Å². The van der Waals surface area contributed by atoms with Gasteiger partial charge in [0.2, 0.25) is 0 Å². The van der Waals surface area contributed by atoms with Crippen LogP contribution in [-0.4, -0.2) is 51.8 Å². The van der Waals surface area contributed by atoms with E-state index in [1.807, 2.05) is 19.1 Å². The molecule has 110 valence electrons. The summed E-state index contributed by atoms with van der Waals surface area (Å²) in [6.45, 7) is 7.81. The molecule has 2 aliphatic heterocycles. The van der Waals surface area contributed by atoms with Gasteiger partial charge in [0.25, 0.3) is 0 Å². The maximum Gasteiger partial charge on any atom is 0.200 e. The normalized spacial score (nSPS) is 21.9. The molecule has 0 aromatic heterocycles. The molecule has 0 bridgehead atoms. The second-order valence-corrected chi connectivity index (χ2v) is 5.35. The fourth-order valence-electron chi connectivity index (χ4n) is 2.53. The third-order valence-corrected chi connectivity index (χ3v) is 3.72. The van der Waals surface area contributed by atoms with Gasteiger partial charge in [0.1, 0.15) is 12.4 Å². The molecule has 1 aromatic carbocycles. The number of benzene rings is 1. The van der Waals surface area contributed by atoms with Crippen LogP contribution in [0.3, 0.4) is 0 Å². The third kappa shape index (κ3) is 3.23. The molecule has 2 aliphatic rings. The van der Waals surface area contributed by atoms with E-state index >= 15 is 0 Å². The molecule has 0 radical (unpaired) electrons. The van der Waals surface area contributed by atoms with Gasteiger partial charge in [0.15, 0.2) is 5.79 Å². The van der Waals surface area contributed by atoms with Gasteiger partial charge >= 0.3 is 0 Å². The maximum atomic E-state index is 5.75. The van der Waals surface area contributed by atoms with Crippen molar-refractivity contribution in [3.63, 3.8) is 0 Å². The summed E-state index contributed by atoms with van der Waals surface area (Å²) >= 11 is 0. The lowest BCUT2D eigenvalue weighted by atomic mass is 10.2. The van der Waals surface area contributed by atoms with E-state index in [4.69, 9.17) is 14.2 Å². The van der Waals surface area contributed by atoms with Crippen LogP contribution < -0.4 is 15.0 Å². The first-order valence-corrected chi connectivity index (χ1v) is 7.22. The molecule has 2 heterocycles. The maximum absolute atomic E-state index is 5.75. The summed E-state index contributed by atoms with van der Waals surface area (Å²) in [7, 11) is 0. The molecule has 1 aromatic rings. The highest BCUT2D eigenvalue weighted by Crippen LogP contribution is 2.23. The number of hydrogen-bond acceptors (Lipinski definition) is 5. The van der Waals surface area contributed by atoms with Crippen LogP contribution in [0.25, 0.3) is 0 Å². The summed E-state index contributed by atoms with van der Waals surface area (Å²) in [5.74, 6) is 0.251. The van der Waals surface area contributed by atoms with E-state index in [0.717, 1.165) is 31.9 Å². The largest absolute Gasteiger partial charge is 0.488 e. The lowest BCUT2D eigenvalue weighted by molar-refractivity contribution is -0.162. The molecule has 0 aliphatic carbocycles. The van der Waals surface area contributed by atoms with Gasteiger partial charge in [-0.05, 0) is 31.2 Å². The fourth-order valence-corrected chi connectivity index (χ4v) is 2.53. The molecule has 0 atom stereocenters. The van der Waals surface area contributed by atoms with Crippen LogP contribution in [0, 0.1) is 0 Å². The number of ether oxygens (including phenoxy) is 3. The minimum absolute atomic E-state index is 0.417. The summed E-state index contributed by atoms with van der Waals surface area (Å²) in [4.78, 5) is 2.38. The van der Waals surface area contributed by atoms with E-state index in [2.05, 4.69) is 22.3 Å². The summed E-state index contributed by atoms with van der Waals surface area (Å²) in [5.41, 5.74) is 1.25. The predicted octanol–water partition coefficient (Wildman–Crippen LogP) is 1.24. The number of piperazine rings is 1. The van der Waals surface area contributed by atoms with Crippen LogP contribution >= 0.6 is 0 Å². The molecular weight excluding hydrogens is 256 g/mol. The molecule has 3 rings (SSSR count). The van der Waals surface area contributed by atoms with Crippen LogP contribution in [-0.2, 0) is 9.47 Å². The van der Waals surface area contributed by atoms with E-state index in [-0.39, 0.29) is 0 Å². The number of hydrogen-bond donors (Lipinski definition) is 1. The van der Waals surface area contributed by atoms with Gasteiger partial charge in [-0.15, -0.1) is 0 Å². The van der Waals surface area contributed by atoms with E-state index in [1.54, 1.807) is 0 Å². The molecule has 2 fully saturated rings. The highest BCUT2D eigenvalue weighted by atomic mass is 16.7. The highest BCUT2D eigenvalue weighted by molar-refractivity contribution is 5.49. The zero-order chi connectivity index (χ0) is 13.8. The van der Waals surface area contributed by atoms with Crippen molar-refractivity contribution < 1.29 is 14.2 Å². The van der Waals surface area contributed by atoms with Crippen LogP contribution in [0.4, 0.5) is 5.69 Å². The molecule has 5 heteroatoms. The summed E-state index contributed by atoms with van der Waals surface area (Å²) in [6, 6.07) is 8.24. The second kappa shape index (κ2) is 5.99. The van der Waals surface area contributed by atoms with Crippen LogP contribution in [0.1, 0.15) is 6.92 Å². The number of nitrogens with one attached hydrogen (secondary N) is 1. The van der Waals surface area contributed by atoms with Gasteiger partial charge < -0.3 is 24.4 Å². The minimum atomic E-state index is -0.600. The monoisotopic (exact) mass is 278 g/mol. The average molecular weight is 278 g/mol. The molecule has 0 spiro atoms. The SMILES string of the molecule is CC1(COc2ccc(N3CCNCC3)cc2)OCCO1. The Morgan fingerprint density at radius 1 is 1.15 bits per heavy atom. The number of rotatable bonds is 4. The first kappa shape index (κ1) is 13.7. The van der Waals surface area contributed by atoms with Gasteiger partial charge in [-0.3, -0.25) is 0 Å². The topological polar surface area (TPSA) is 43.0 Å². The predicted molar refractivity (Wildman–Crippen MR) is 77.3 cm³/mol. The van der Waals surface area contributed by atoms with Gasteiger partial charge in [0, 0.05) is 31.9 Å².